The van der Waals surface area contributed by atoms with Crippen LogP contribution in [0.25, 0.3) is 0 Å². The van der Waals surface area contributed by atoms with Crippen LogP contribution >= 0.6 is 12.4 Å². The number of halogens is 1. The number of nitrogens with one attached hydrogen (secondary N) is 1. The van der Waals surface area contributed by atoms with Crippen molar-refractivity contribution in [2.45, 2.75) is 83.6 Å². The summed E-state index contributed by atoms with van der Waals surface area (Å²) < 4.78 is 0. The van der Waals surface area contributed by atoms with Gasteiger partial charge >= 0.3 is 0 Å². The van der Waals surface area contributed by atoms with Crippen LogP contribution in [0.15, 0.2) is 0 Å². The average molecular weight is 310 g/mol. The van der Waals surface area contributed by atoms with Crippen LogP contribution in [0.3, 0.4) is 0 Å². The molecule has 0 aliphatic heterocycles. The molecular formula is C16H36ClNO2. The second kappa shape index (κ2) is 15.6. The predicted octanol–water partition coefficient (Wildman–Crippen LogP) is 3.66. The van der Waals surface area contributed by atoms with Gasteiger partial charge in [-0.3, -0.25) is 0 Å². The van der Waals surface area contributed by atoms with Crippen molar-refractivity contribution >= 4 is 12.4 Å². The van der Waals surface area contributed by atoms with Crippen LogP contribution in [-0.4, -0.2) is 35.5 Å². The van der Waals surface area contributed by atoms with Gasteiger partial charge < -0.3 is 15.5 Å². The number of hydrogen-bond acceptors (Lipinski definition) is 3. The van der Waals surface area contributed by atoms with Gasteiger partial charge in [0.15, 0.2) is 0 Å². The van der Waals surface area contributed by atoms with Gasteiger partial charge in [0, 0.05) is 0 Å². The maximum Gasteiger partial charge on any atom is 0.0633 e. The Morgan fingerprint density at radius 1 is 0.750 bits per heavy atom. The normalized spacial score (nSPS) is 11.4. The molecule has 0 aliphatic carbocycles. The highest BCUT2D eigenvalue weighted by Gasteiger charge is 2.20. The summed E-state index contributed by atoms with van der Waals surface area (Å²) in [5.74, 6) is 0. The molecular weight excluding hydrogens is 274 g/mol. The quantitative estimate of drug-likeness (QED) is 0.429. The fraction of sp³-hybridized carbons (Fsp3) is 1.00. The average Bonchev–Trinajstić information content (AvgIpc) is 2.44. The molecule has 0 fully saturated rings. The maximum atomic E-state index is 9.12. The van der Waals surface area contributed by atoms with Crippen molar-refractivity contribution in [2.24, 2.45) is 0 Å². The summed E-state index contributed by atoms with van der Waals surface area (Å²) >= 11 is 0. The molecule has 0 heterocycles. The molecule has 0 atom stereocenters. The molecule has 0 bridgehead atoms. The highest BCUT2D eigenvalue weighted by atomic mass is 35.5. The van der Waals surface area contributed by atoms with Gasteiger partial charge in [0.05, 0.1) is 18.8 Å². The van der Waals surface area contributed by atoms with Crippen molar-refractivity contribution in [3.63, 3.8) is 0 Å². The molecule has 3 N–H and O–H groups in total. The van der Waals surface area contributed by atoms with Gasteiger partial charge in [-0.05, 0) is 19.9 Å². The molecule has 0 aromatic heterocycles. The summed E-state index contributed by atoms with van der Waals surface area (Å²) in [6.45, 7) is 4.96. The lowest BCUT2D eigenvalue weighted by Gasteiger charge is -2.26. The molecule has 0 amide bonds. The van der Waals surface area contributed by atoms with E-state index in [1.165, 1.54) is 57.8 Å². The van der Waals surface area contributed by atoms with Crippen molar-refractivity contribution in [1.29, 1.82) is 0 Å². The molecule has 0 aromatic rings. The maximum absolute atomic E-state index is 9.12. The third-order valence-corrected chi connectivity index (χ3v) is 3.78. The third kappa shape index (κ3) is 13.2. The van der Waals surface area contributed by atoms with E-state index in [9.17, 15) is 0 Å². The van der Waals surface area contributed by atoms with E-state index in [1.54, 1.807) is 0 Å². The van der Waals surface area contributed by atoms with Crippen molar-refractivity contribution in [2.75, 3.05) is 19.8 Å². The van der Waals surface area contributed by atoms with E-state index in [-0.39, 0.29) is 25.6 Å². The molecule has 124 valence electrons. The van der Waals surface area contributed by atoms with E-state index in [0.29, 0.717) is 0 Å². The number of aliphatic hydroxyl groups is 2. The molecule has 0 rings (SSSR count). The first-order valence-corrected chi connectivity index (χ1v) is 8.15. The lowest BCUT2D eigenvalue weighted by atomic mass is 10.0. The summed E-state index contributed by atoms with van der Waals surface area (Å²) in [6, 6.07) is 0. The Kier molecular flexibility index (Phi) is 17.5. The van der Waals surface area contributed by atoms with Crippen molar-refractivity contribution in [3.05, 3.63) is 0 Å². The Hall–Kier alpha value is 0.170. The standard InChI is InChI=1S/C16H35NO2.ClH/c1-3-4-5-6-7-8-9-10-11-12-13-17-16(2,14-18)15-19;/h17-19H,3-15H2,1-2H3;1H. The highest BCUT2D eigenvalue weighted by Crippen LogP contribution is 2.10. The Morgan fingerprint density at radius 3 is 1.55 bits per heavy atom. The van der Waals surface area contributed by atoms with Gasteiger partial charge in [0.25, 0.3) is 0 Å². The van der Waals surface area contributed by atoms with E-state index in [4.69, 9.17) is 10.2 Å². The Labute approximate surface area is 132 Å². The van der Waals surface area contributed by atoms with Crippen LogP contribution in [0, 0.1) is 0 Å². The van der Waals surface area contributed by atoms with E-state index < -0.39 is 5.54 Å². The van der Waals surface area contributed by atoms with E-state index >= 15 is 0 Å². The number of aliphatic hydroxyl groups excluding tert-OH is 2. The second-order valence-electron chi connectivity index (χ2n) is 5.99. The number of rotatable bonds is 14. The molecule has 0 saturated carbocycles. The van der Waals surface area contributed by atoms with Gasteiger partial charge in [-0.15, -0.1) is 12.4 Å². The highest BCUT2D eigenvalue weighted by molar-refractivity contribution is 5.85. The summed E-state index contributed by atoms with van der Waals surface area (Å²) in [7, 11) is 0. The first kappa shape index (κ1) is 22.5. The van der Waals surface area contributed by atoms with Crippen LogP contribution in [-0.2, 0) is 0 Å². The topological polar surface area (TPSA) is 52.5 Å². The summed E-state index contributed by atoms with van der Waals surface area (Å²) in [4.78, 5) is 0. The minimum Gasteiger partial charge on any atom is -0.394 e. The fourth-order valence-electron chi connectivity index (χ4n) is 2.16. The van der Waals surface area contributed by atoms with E-state index in [0.717, 1.165) is 13.0 Å². The van der Waals surface area contributed by atoms with Crippen LogP contribution in [0.5, 0.6) is 0 Å². The molecule has 0 radical (unpaired) electrons. The molecule has 0 aromatic carbocycles. The molecule has 3 nitrogen and oxygen atoms in total. The van der Waals surface area contributed by atoms with Crippen LogP contribution in [0.4, 0.5) is 0 Å². The van der Waals surface area contributed by atoms with Gasteiger partial charge in [0.2, 0.25) is 0 Å². The zero-order chi connectivity index (χ0) is 14.4. The molecule has 20 heavy (non-hydrogen) atoms. The third-order valence-electron chi connectivity index (χ3n) is 3.78. The molecule has 0 aliphatic rings. The molecule has 0 saturated heterocycles. The summed E-state index contributed by atoms with van der Waals surface area (Å²) in [5.41, 5.74) is -0.515. The predicted molar refractivity (Wildman–Crippen MR) is 89.7 cm³/mol. The van der Waals surface area contributed by atoms with Crippen LogP contribution in [0.2, 0.25) is 0 Å². The van der Waals surface area contributed by atoms with Crippen LogP contribution < -0.4 is 5.32 Å². The zero-order valence-electron chi connectivity index (χ0n) is 13.5. The van der Waals surface area contributed by atoms with Gasteiger partial charge in [-0.2, -0.15) is 0 Å². The zero-order valence-corrected chi connectivity index (χ0v) is 14.3. The fourth-order valence-corrected chi connectivity index (χ4v) is 2.16. The largest absolute Gasteiger partial charge is 0.394 e. The smallest absolute Gasteiger partial charge is 0.0633 e. The lowest BCUT2D eigenvalue weighted by Crippen LogP contribution is -2.49. The van der Waals surface area contributed by atoms with Gasteiger partial charge in [-0.25, -0.2) is 0 Å². The summed E-state index contributed by atoms with van der Waals surface area (Å²) in [5, 5.41) is 21.5. The SMILES string of the molecule is CCCCCCCCCCCCNC(C)(CO)CO.Cl. The van der Waals surface area contributed by atoms with E-state index in [1.807, 2.05) is 6.92 Å². The minimum atomic E-state index is -0.515. The van der Waals surface area contributed by atoms with Crippen molar-refractivity contribution in [1.82, 2.24) is 5.32 Å². The van der Waals surface area contributed by atoms with Crippen molar-refractivity contribution in [3.8, 4) is 0 Å². The first-order chi connectivity index (χ1) is 9.18. The number of hydrogen-bond donors (Lipinski definition) is 3. The van der Waals surface area contributed by atoms with Gasteiger partial charge in [0.1, 0.15) is 0 Å². The molecule has 0 spiro atoms. The minimum absolute atomic E-state index is 0. The van der Waals surface area contributed by atoms with Crippen molar-refractivity contribution < 1.29 is 10.2 Å². The Bertz CT molecular complexity index is 187. The lowest BCUT2D eigenvalue weighted by molar-refractivity contribution is 0.104. The monoisotopic (exact) mass is 309 g/mol. The molecule has 0 unspecified atom stereocenters. The van der Waals surface area contributed by atoms with Crippen LogP contribution in [0.1, 0.15) is 78.1 Å². The Balaban J connectivity index is 0. The Morgan fingerprint density at radius 2 is 1.15 bits per heavy atom. The van der Waals surface area contributed by atoms with Gasteiger partial charge in [-0.1, -0.05) is 64.7 Å². The first-order valence-electron chi connectivity index (χ1n) is 8.15. The summed E-state index contributed by atoms with van der Waals surface area (Å²) in [6.07, 6.45) is 13.3. The van der Waals surface area contributed by atoms with E-state index in [2.05, 4.69) is 12.2 Å². The number of unbranched alkanes of at least 4 members (excludes halogenated alkanes) is 9. The second-order valence-corrected chi connectivity index (χ2v) is 5.99. The molecule has 4 heteroatoms.